The van der Waals surface area contributed by atoms with Gasteiger partial charge in [-0.1, -0.05) is 0 Å². The Kier molecular flexibility index (Phi) is 4.24. The molecule has 0 N–H and O–H groups in total. The number of hydrogen-bond acceptors (Lipinski definition) is 6. The minimum atomic E-state index is -3.12. The van der Waals surface area contributed by atoms with E-state index < -0.39 is 16.0 Å². The number of sulfonamides is 1. The van der Waals surface area contributed by atoms with Gasteiger partial charge in [0.15, 0.2) is 0 Å². The van der Waals surface area contributed by atoms with Gasteiger partial charge in [-0.3, -0.25) is 0 Å². The van der Waals surface area contributed by atoms with Crippen molar-refractivity contribution in [3.05, 3.63) is 24.0 Å². The zero-order chi connectivity index (χ0) is 14.8. The second-order valence-electron chi connectivity index (χ2n) is 4.54. The third-order valence-electron chi connectivity index (χ3n) is 3.22. The van der Waals surface area contributed by atoms with E-state index in [4.69, 9.17) is 0 Å². The first-order chi connectivity index (χ1) is 9.41. The van der Waals surface area contributed by atoms with Gasteiger partial charge in [-0.25, -0.2) is 18.2 Å². The fraction of sp³-hybridized carbons (Fsp3) is 0.500. The fourth-order valence-electron chi connectivity index (χ4n) is 2.08. The topological polar surface area (TPSA) is 79.8 Å². The molecule has 2 heterocycles. The maximum Gasteiger partial charge on any atom is 0.356 e. The van der Waals surface area contributed by atoms with Crippen molar-refractivity contribution in [3.8, 4) is 0 Å². The van der Waals surface area contributed by atoms with Gasteiger partial charge in [-0.2, -0.15) is 4.31 Å². The summed E-state index contributed by atoms with van der Waals surface area (Å²) in [7, 11) is -1.82. The second-order valence-corrected chi connectivity index (χ2v) is 6.52. The van der Waals surface area contributed by atoms with Crippen molar-refractivity contribution in [2.24, 2.45) is 0 Å². The van der Waals surface area contributed by atoms with Crippen molar-refractivity contribution in [2.75, 3.05) is 44.4 Å². The highest BCUT2D eigenvalue weighted by Gasteiger charge is 2.23. The predicted molar refractivity (Wildman–Crippen MR) is 74.2 cm³/mol. The lowest BCUT2D eigenvalue weighted by Gasteiger charge is -2.34. The number of methoxy groups -OCH3 is 1. The minimum absolute atomic E-state index is 0.256. The van der Waals surface area contributed by atoms with E-state index in [2.05, 4.69) is 9.72 Å². The first kappa shape index (κ1) is 14.7. The van der Waals surface area contributed by atoms with Crippen molar-refractivity contribution in [3.63, 3.8) is 0 Å². The molecule has 0 aliphatic carbocycles. The normalized spacial score (nSPS) is 17.0. The number of esters is 1. The van der Waals surface area contributed by atoms with Crippen molar-refractivity contribution in [2.45, 2.75) is 0 Å². The molecule has 110 valence electrons. The van der Waals surface area contributed by atoms with Crippen molar-refractivity contribution in [1.82, 2.24) is 9.29 Å². The van der Waals surface area contributed by atoms with Crippen LogP contribution in [-0.4, -0.2) is 63.2 Å². The van der Waals surface area contributed by atoms with E-state index in [0.29, 0.717) is 26.2 Å². The lowest BCUT2D eigenvalue weighted by Crippen LogP contribution is -2.48. The molecule has 1 fully saturated rings. The highest BCUT2D eigenvalue weighted by atomic mass is 32.2. The van der Waals surface area contributed by atoms with Gasteiger partial charge < -0.3 is 9.64 Å². The first-order valence-corrected chi connectivity index (χ1v) is 8.01. The molecule has 1 aromatic rings. The lowest BCUT2D eigenvalue weighted by molar-refractivity contribution is 0.0594. The zero-order valence-electron chi connectivity index (χ0n) is 11.4. The number of carbonyl (C=O) groups excluding carboxylic acids is 1. The molecule has 1 aromatic heterocycles. The Morgan fingerprint density at radius 3 is 2.35 bits per heavy atom. The van der Waals surface area contributed by atoms with E-state index in [1.807, 2.05) is 4.90 Å². The van der Waals surface area contributed by atoms with Gasteiger partial charge in [-0.05, 0) is 12.1 Å². The maximum absolute atomic E-state index is 11.4. The molecule has 0 unspecified atom stereocenters. The molecule has 0 amide bonds. The highest BCUT2D eigenvalue weighted by Crippen LogP contribution is 2.16. The summed E-state index contributed by atoms with van der Waals surface area (Å²) < 4.78 is 28.9. The fourth-order valence-corrected chi connectivity index (χ4v) is 2.90. The Morgan fingerprint density at radius 2 is 1.90 bits per heavy atom. The van der Waals surface area contributed by atoms with Crippen LogP contribution in [0.5, 0.6) is 0 Å². The van der Waals surface area contributed by atoms with E-state index in [-0.39, 0.29) is 5.69 Å². The molecule has 0 radical (unpaired) electrons. The van der Waals surface area contributed by atoms with E-state index >= 15 is 0 Å². The summed E-state index contributed by atoms with van der Waals surface area (Å²) in [6, 6.07) is 3.39. The third kappa shape index (κ3) is 3.26. The summed E-state index contributed by atoms with van der Waals surface area (Å²) in [6.45, 7) is 2.12. The smallest absolute Gasteiger partial charge is 0.356 e. The number of nitrogens with zero attached hydrogens (tertiary/aromatic N) is 3. The zero-order valence-corrected chi connectivity index (χ0v) is 12.3. The number of pyridine rings is 1. The second kappa shape index (κ2) is 5.76. The number of aromatic nitrogens is 1. The molecular formula is C12H17N3O4S. The molecule has 1 aliphatic rings. The Labute approximate surface area is 118 Å². The summed E-state index contributed by atoms with van der Waals surface area (Å²) in [5.74, 6) is -0.474. The van der Waals surface area contributed by atoms with E-state index in [0.717, 1.165) is 5.69 Å². The minimum Gasteiger partial charge on any atom is -0.464 e. The van der Waals surface area contributed by atoms with Gasteiger partial charge >= 0.3 is 5.97 Å². The van der Waals surface area contributed by atoms with Crippen molar-refractivity contribution < 1.29 is 17.9 Å². The number of piperazine rings is 1. The molecule has 0 spiro atoms. The molecule has 0 bridgehead atoms. The van der Waals surface area contributed by atoms with Gasteiger partial charge in [0.25, 0.3) is 0 Å². The number of anilines is 1. The van der Waals surface area contributed by atoms with Crippen LogP contribution >= 0.6 is 0 Å². The molecule has 1 saturated heterocycles. The monoisotopic (exact) mass is 299 g/mol. The molecular weight excluding hydrogens is 282 g/mol. The summed E-state index contributed by atoms with van der Waals surface area (Å²) in [5, 5.41) is 0. The van der Waals surface area contributed by atoms with Gasteiger partial charge in [0.05, 0.1) is 25.2 Å². The molecule has 7 nitrogen and oxygen atoms in total. The maximum atomic E-state index is 11.4. The van der Waals surface area contributed by atoms with Gasteiger partial charge in [0, 0.05) is 26.2 Å². The van der Waals surface area contributed by atoms with Crippen LogP contribution in [0.4, 0.5) is 5.69 Å². The average Bonchev–Trinajstić information content (AvgIpc) is 2.46. The Balaban J connectivity index is 2.02. The van der Waals surface area contributed by atoms with E-state index in [1.54, 1.807) is 18.3 Å². The molecule has 2 rings (SSSR count). The SMILES string of the molecule is COC(=O)c1ccc(N2CCN(S(C)(=O)=O)CC2)cn1. The van der Waals surface area contributed by atoms with Crippen LogP contribution in [0, 0.1) is 0 Å². The number of rotatable bonds is 3. The van der Waals surface area contributed by atoms with Crippen LogP contribution < -0.4 is 4.90 Å². The quantitative estimate of drug-likeness (QED) is 0.728. The number of hydrogen-bond donors (Lipinski definition) is 0. The molecule has 20 heavy (non-hydrogen) atoms. The molecule has 8 heteroatoms. The molecule has 0 saturated carbocycles. The Bertz CT molecular complexity index is 577. The standard InChI is InChI=1S/C12H17N3O4S/c1-19-12(16)11-4-3-10(9-13-11)14-5-7-15(8-6-14)20(2,17)18/h3-4,9H,5-8H2,1-2H3. The van der Waals surface area contributed by atoms with Crippen molar-refractivity contribution >= 4 is 21.7 Å². The highest BCUT2D eigenvalue weighted by molar-refractivity contribution is 7.88. The summed E-state index contributed by atoms with van der Waals surface area (Å²) in [6.07, 6.45) is 2.82. The summed E-state index contributed by atoms with van der Waals surface area (Å²) in [5.41, 5.74) is 1.12. The largest absolute Gasteiger partial charge is 0.464 e. The first-order valence-electron chi connectivity index (χ1n) is 6.16. The van der Waals surface area contributed by atoms with Crippen molar-refractivity contribution in [1.29, 1.82) is 0 Å². The molecule has 0 aromatic carbocycles. The average molecular weight is 299 g/mol. The lowest BCUT2D eigenvalue weighted by atomic mass is 10.3. The van der Waals surface area contributed by atoms with Crippen LogP contribution in [0.25, 0.3) is 0 Å². The van der Waals surface area contributed by atoms with Crippen LogP contribution in [-0.2, 0) is 14.8 Å². The Hall–Kier alpha value is -1.67. The number of ether oxygens (including phenoxy) is 1. The predicted octanol–water partition coefficient (Wildman–Crippen LogP) is -0.0502. The Morgan fingerprint density at radius 1 is 1.25 bits per heavy atom. The van der Waals surface area contributed by atoms with Crippen LogP contribution in [0.1, 0.15) is 10.5 Å². The van der Waals surface area contributed by atoms with Gasteiger partial charge in [-0.15, -0.1) is 0 Å². The van der Waals surface area contributed by atoms with Crippen LogP contribution in [0.2, 0.25) is 0 Å². The van der Waals surface area contributed by atoms with Gasteiger partial charge in [0.2, 0.25) is 10.0 Å². The van der Waals surface area contributed by atoms with E-state index in [9.17, 15) is 13.2 Å². The summed E-state index contributed by atoms with van der Waals surface area (Å²) in [4.78, 5) is 17.4. The van der Waals surface area contributed by atoms with Crippen LogP contribution in [0.15, 0.2) is 18.3 Å². The van der Waals surface area contributed by atoms with Crippen LogP contribution in [0.3, 0.4) is 0 Å². The molecule has 1 aliphatic heterocycles. The summed E-state index contributed by atoms with van der Waals surface area (Å²) >= 11 is 0. The van der Waals surface area contributed by atoms with E-state index in [1.165, 1.54) is 17.7 Å². The van der Waals surface area contributed by atoms with Gasteiger partial charge in [0.1, 0.15) is 5.69 Å². The number of carbonyl (C=O) groups is 1. The third-order valence-corrected chi connectivity index (χ3v) is 4.52. The molecule has 0 atom stereocenters.